The summed E-state index contributed by atoms with van der Waals surface area (Å²) in [5.41, 5.74) is 2.74. The quantitative estimate of drug-likeness (QED) is 0.598. The first kappa shape index (κ1) is 19.9. The fraction of sp³-hybridized carbons (Fsp3) is 0.273. The van der Waals surface area contributed by atoms with Crippen molar-refractivity contribution in [2.24, 2.45) is 0 Å². The molecular weight excluding hydrogens is 372 g/mol. The molecule has 1 aromatic carbocycles. The summed E-state index contributed by atoms with van der Waals surface area (Å²) in [6, 6.07) is 13.7. The van der Waals surface area contributed by atoms with Gasteiger partial charge in [0, 0.05) is 4.88 Å². The molecule has 3 rings (SSSR count). The lowest BCUT2D eigenvalue weighted by Crippen LogP contribution is -2.38. The van der Waals surface area contributed by atoms with Crippen LogP contribution < -0.4 is 10.6 Å². The summed E-state index contributed by atoms with van der Waals surface area (Å²) in [6.07, 6.45) is 3.59. The minimum absolute atomic E-state index is 0.0980. The minimum Gasteiger partial charge on any atom is -0.469 e. The van der Waals surface area contributed by atoms with Gasteiger partial charge in [0.15, 0.2) is 0 Å². The fourth-order valence-electron chi connectivity index (χ4n) is 3.03. The lowest BCUT2D eigenvalue weighted by atomic mass is 10.0. The van der Waals surface area contributed by atoms with Gasteiger partial charge in [-0.2, -0.15) is 0 Å². The monoisotopic (exact) mass is 396 g/mol. The van der Waals surface area contributed by atoms with Gasteiger partial charge < -0.3 is 15.1 Å². The maximum atomic E-state index is 12.5. The summed E-state index contributed by atoms with van der Waals surface area (Å²) in [6.45, 7) is 3.77. The summed E-state index contributed by atoms with van der Waals surface area (Å²) in [7, 11) is 0. The number of thiophene rings is 1. The molecular formula is C22H24N2O3S. The number of carbonyl (C=O) groups excluding carboxylic acids is 2. The molecule has 0 radical (unpaired) electrons. The molecule has 0 bridgehead atoms. The third-order valence-electron chi connectivity index (χ3n) is 4.50. The van der Waals surface area contributed by atoms with Crippen molar-refractivity contribution in [1.29, 1.82) is 0 Å². The van der Waals surface area contributed by atoms with Gasteiger partial charge in [-0.3, -0.25) is 9.59 Å². The van der Waals surface area contributed by atoms with Crippen molar-refractivity contribution in [2.75, 3.05) is 6.54 Å². The van der Waals surface area contributed by atoms with Crippen LogP contribution in [0.3, 0.4) is 0 Å². The van der Waals surface area contributed by atoms with Crippen molar-refractivity contribution in [3.8, 4) is 0 Å². The van der Waals surface area contributed by atoms with Crippen LogP contribution in [0.1, 0.15) is 51.5 Å². The highest BCUT2D eigenvalue weighted by atomic mass is 32.1. The zero-order valence-corrected chi connectivity index (χ0v) is 16.8. The molecule has 0 aliphatic rings. The molecule has 3 aromatic rings. The molecule has 6 heteroatoms. The number of benzene rings is 1. The first-order valence-corrected chi connectivity index (χ1v) is 10.2. The second-order valence-corrected chi connectivity index (χ2v) is 7.56. The maximum absolute atomic E-state index is 12.5. The van der Waals surface area contributed by atoms with Gasteiger partial charge in [0.05, 0.1) is 24.4 Å². The van der Waals surface area contributed by atoms with Crippen molar-refractivity contribution in [3.63, 3.8) is 0 Å². The van der Waals surface area contributed by atoms with Crippen LogP contribution in [-0.2, 0) is 11.2 Å². The summed E-state index contributed by atoms with van der Waals surface area (Å²) < 4.78 is 5.13. The molecule has 0 unspecified atom stereocenters. The maximum Gasteiger partial charge on any atom is 0.255 e. The largest absolute Gasteiger partial charge is 0.469 e. The minimum atomic E-state index is -0.321. The predicted octanol–water partition coefficient (Wildman–Crippen LogP) is 4.24. The van der Waals surface area contributed by atoms with Crippen LogP contribution in [-0.4, -0.2) is 18.4 Å². The third kappa shape index (κ3) is 4.89. The molecule has 2 N–H and O–H groups in total. The standard InChI is InChI=1S/C22H24N2O3S/c1-3-5-16-7-9-17(10-8-16)21(19-6-4-13-28-19)24-20(25)14-23-22(26)18-11-12-27-15(18)2/h4,6-13,21H,3,5,14H2,1-2H3,(H,23,26)(H,24,25)/t21-/m0/s1. The highest BCUT2D eigenvalue weighted by Gasteiger charge is 2.19. The molecule has 0 fully saturated rings. The normalized spacial score (nSPS) is 11.8. The van der Waals surface area contributed by atoms with Crippen LogP contribution in [0, 0.1) is 6.92 Å². The van der Waals surface area contributed by atoms with Crippen LogP contribution in [0.25, 0.3) is 0 Å². The third-order valence-corrected chi connectivity index (χ3v) is 5.43. The van der Waals surface area contributed by atoms with Crippen molar-refractivity contribution in [2.45, 2.75) is 32.7 Å². The van der Waals surface area contributed by atoms with E-state index in [4.69, 9.17) is 4.42 Å². The summed E-state index contributed by atoms with van der Waals surface area (Å²) in [4.78, 5) is 25.7. The van der Waals surface area contributed by atoms with Gasteiger partial charge in [0.1, 0.15) is 5.76 Å². The molecule has 146 valence electrons. The topological polar surface area (TPSA) is 71.3 Å². The van der Waals surface area contributed by atoms with Gasteiger partial charge >= 0.3 is 0 Å². The Morgan fingerprint density at radius 1 is 1.14 bits per heavy atom. The fourth-order valence-corrected chi connectivity index (χ4v) is 3.83. The zero-order chi connectivity index (χ0) is 19.9. The number of hydrogen-bond donors (Lipinski definition) is 2. The van der Waals surface area contributed by atoms with Gasteiger partial charge in [-0.05, 0) is 42.0 Å². The van der Waals surface area contributed by atoms with Crippen molar-refractivity contribution in [3.05, 3.63) is 81.4 Å². The van der Waals surface area contributed by atoms with Crippen molar-refractivity contribution < 1.29 is 14.0 Å². The Kier molecular flexibility index (Phi) is 6.66. The molecule has 28 heavy (non-hydrogen) atoms. The van der Waals surface area contributed by atoms with Crippen LogP contribution in [0.15, 0.2) is 58.5 Å². The van der Waals surface area contributed by atoms with Crippen molar-refractivity contribution in [1.82, 2.24) is 10.6 Å². The van der Waals surface area contributed by atoms with E-state index in [2.05, 4.69) is 41.8 Å². The molecule has 2 amide bonds. The molecule has 0 aliphatic carbocycles. The number of aryl methyl sites for hydroxylation is 2. The van der Waals surface area contributed by atoms with Gasteiger partial charge in [-0.25, -0.2) is 0 Å². The zero-order valence-electron chi connectivity index (χ0n) is 16.0. The van der Waals surface area contributed by atoms with Gasteiger partial charge in [-0.15, -0.1) is 11.3 Å². The average molecular weight is 397 g/mol. The number of amides is 2. The van der Waals surface area contributed by atoms with E-state index < -0.39 is 0 Å². The van der Waals surface area contributed by atoms with Crippen LogP contribution in [0.2, 0.25) is 0 Å². The molecule has 5 nitrogen and oxygen atoms in total. The predicted molar refractivity (Wildman–Crippen MR) is 111 cm³/mol. The SMILES string of the molecule is CCCc1ccc([C@H](NC(=O)CNC(=O)c2ccoc2C)c2cccs2)cc1. The molecule has 2 aromatic heterocycles. The Balaban J connectivity index is 1.67. The number of nitrogens with one attached hydrogen (secondary N) is 2. The molecule has 0 saturated carbocycles. The molecule has 2 heterocycles. The number of furan rings is 1. The summed E-state index contributed by atoms with van der Waals surface area (Å²) in [5, 5.41) is 7.67. The highest BCUT2D eigenvalue weighted by Crippen LogP contribution is 2.26. The van der Waals surface area contributed by atoms with E-state index in [-0.39, 0.29) is 24.4 Å². The first-order valence-electron chi connectivity index (χ1n) is 9.32. The first-order chi connectivity index (χ1) is 13.6. The Morgan fingerprint density at radius 2 is 1.93 bits per heavy atom. The summed E-state index contributed by atoms with van der Waals surface area (Å²) >= 11 is 1.59. The van der Waals surface area contributed by atoms with Crippen LogP contribution >= 0.6 is 11.3 Å². The van der Waals surface area contributed by atoms with E-state index >= 15 is 0 Å². The number of rotatable bonds is 8. The van der Waals surface area contributed by atoms with E-state index in [1.165, 1.54) is 11.8 Å². The average Bonchev–Trinajstić information content (AvgIpc) is 3.37. The van der Waals surface area contributed by atoms with Crippen LogP contribution in [0.4, 0.5) is 0 Å². The Bertz CT molecular complexity index is 914. The van der Waals surface area contributed by atoms with E-state index in [1.54, 1.807) is 24.3 Å². The second kappa shape index (κ2) is 9.37. The van der Waals surface area contributed by atoms with Crippen molar-refractivity contribution >= 4 is 23.2 Å². The number of carbonyl (C=O) groups is 2. The Hall–Kier alpha value is -2.86. The van der Waals surface area contributed by atoms with Gasteiger partial charge in [0.2, 0.25) is 5.91 Å². The molecule has 0 spiro atoms. The molecule has 0 saturated heterocycles. The Morgan fingerprint density at radius 3 is 2.54 bits per heavy atom. The Labute approximate surface area is 168 Å². The van der Waals surface area contributed by atoms with E-state index in [9.17, 15) is 9.59 Å². The number of hydrogen-bond acceptors (Lipinski definition) is 4. The van der Waals surface area contributed by atoms with E-state index in [1.807, 2.05) is 17.5 Å². The van der Waals surface area contributed by atoms with E-state index in [0.717, 1.165) is 23.3 Å². The molecule has 1 atom stereocenters. The van der Waals surface area contributed by atoms with Gasteiger partial charge in [-0.1, -0.05) is 43.7 Å². The summed E-state index contributed by atoms with van der Waals surface area (Å²) in [5.74, 6) is -0.0370. The highest BCUT2D eigenvalue weighted by molar-refractivity contribution is 7.10. The smallest absolute Gasteiger partial charge is 0.255 e. The van der Waals surface area contributed by atoms with Crippen LogP contribution in [0.5, 0.6) is 0 Å². The van der Waals surface area contributed by atoms with E-state index in [0.29, 0.717) is 11.3 Å². The lowest BCUT2D eigenvalue weighted by Gasteiger charge is -2.19. The molecule has 0 aliphatic heterocycles. The van der Waals surface area contributed by atoms with Gasteiger partial charge in [0.25, 0.3) is 5.91 Å². The lowest BCUT2D eigenvalue weighted by molar-refractivity contribution is -0.120. The second-order valence-electron chi connectivity index (χ2n) is 6.58.